The van der Waals surface area contributed by atoms with Gasteiger partial charge in [0.2, 0.25) is 0 Å². The highest BCUT2D eigenvalue weighted by Crippen LogP contribution is 2.27. The first kappa shape index (κ1) is 11.8. The Morgan fingerprint density at radius 1 is 1.16 bits per heavy atom. The lowest BCUT2D eigenvalue weighted by atomic mass is 10.0. The second-order valence-corrected chi connectivity index (χ2v) is 4.73. The van der Waals surface area contributed by atoms with Gasteiger partial charge in [0.25, 0.3) is 0 Å². The first-order valence-electron chi connectivity index (χ1n) is 6.56. The van der Waals surface area contributed by atoms with Gasteiger partial charge >= 0.3 is 0 Å². The van der Waals surface area contributed by atoms with Gasteiger partial charge in [-0.15, -0.1) is 0 Å². The van der Waals surface area contributed by atoms with Crippen molar-refractivity contribution in [2.45, 2.75) is 19.4 Å². The molecule has 1 aromatic heterocycles. The first-order valence-corrected chi connectivity index (χ1v) is 6.56. The molecule has 19 heavy (non-hydrogen) atoms. The van der Waals surface area contributed by atoms with E-state index in [1.165, 1.54) is 5.56 Å². The van der Waals surface area contributed by atoms with Crippen LogP contribution < -0.4 is 5.73 Å². The fourth-order valence-corrected chi connectivity index (χ4v) is 2.56. The molecule has 2 aromatic carbocycles. The number of nitrogens with zero attached hydrogens (tertiary/aromatic N) is 2. The average molecular weight is 251 g/mol. The normalized spacial score (nSPS) is 12.7. The van der Waals surface area contributed by atoms with Gasteiger partial charge in [-0.2, -0.15) is 0 Å². The van der Waals surface area contributed by atoms with Gasteiger partial charge in [0, 0.05) is 5.69 Å². The van der Waals surface area contributed by atoms with Gasteiger partial charge in [-0.3, -0.25) is 0 Å². The number of aromatic nitrogens is 2. The van der Waals surface area contributed by atoms with Crippen LogP contribution in [0.5, 0.6) is 0 Å². The molecule has 0 aliphatic heterocycles. The minimum absolute atomic E-state index is 0.299. The van der Waals surface area contributed by atoms with Crippen molar-refractivity contribution in [3.05, 3.63) is 60.4 Å². The second kappa shape index (κ2) is 4.76. The van der Waals surface area contributed by atoms with Crippen LogP contribution in [0.2, 0.25) is 0 Å². The molecule has 0 aliphatic rings. The predicted molar refractivity (Wildman–Crippen MR) is 79.0 cm³/mol. The largest absolute Gasteiger partial charge is 0.399 e. The van der Waals surface area contributed by atoms with Crippen LogP contribution in [0, 0.1) is 0 Å². The molecule has 1 heterocycles. The van der Waals surface area contributed by atoms with E-state index in [0.717, 1.165) is 23.1 Å². The van der Waals surface area contributed by atoms with E-state index in [2.05, 4.69) is 40.7 Å². The summed E-state index contributed by atoms with van der Waals surface area (Å²) < 4.78 is 2.21. The van der Waals surface area contributed by atoms with E-state index in [-0.39, 0.29) is 0 Å². The van der Waals surface area contributed by atoms with Crippen LogP contribution >= 0.6 is 0 Å². The van der Waals surface area contributed by atoms with Crippen molar-refractivity contribution in [3.63, 3.8) is 0 Å². The molecule has 3 heteroatoms. The number of nitrogens with two attached hydrogens (primary N) is 1. The molecule has 0 saturated carbocycles. The Kier molecular flexibility index (Phi) is 2.95. The van der Waals surface area contributed by atoms with E-state index in [0.29, 0.717) is 6.04 Å². The minimum Gasteiger partial charge on any atom is -0.399 e. The Morgan fingerprint density at radius 2 is 1.95 bits per heavy atom. The maximum atomic E-state index is 5.89. The fraction of sp³-hybridized carbons (Fsp3) is 0.188. The molecule has 0 amide bonds. The third-order valence-electron chi connectivity index (χ3n) is 3.51. The number of hydrogen-bond acceptors (Lipinski definition) is 2. The molecule has 2 N–H and O–H groups in total. The summed E-state index contributed by atoms with van der Waals surface area (Å²) >= 11 is 0. The number of hydrogen-bond donors (Lipinski definition) is 1. The van der Waals surface area contributed by atoms with Crippen molar-refractivity contribution in [2.24, 2.45) is 0 Å². The lowest BCUT2D eigenvalue weighted by Gasteiger charge is -2.18. The first-order chi connectivity index (χ1) is 9.29. The second-order valence-electron chi connectivity index (χ2n) is 4.73. The van der Waals surface area contributed by atoms with Gasteiger partial charge in [-0.05, 0) is 30.2 Å². The summed E-state index contributed by atoms with van der Waals surface area (Å²) in [7, 11) is 0. The Morgan fingerprint density at radius 3 is 2.68 bits per heavy atom. The molecule has 0 fully saturated rings. The highest BCUT2D eigenvalue weighted by molar-refractivity contribution is 5.79. The number of benzene rings is 2. The zero-order chi connectivity index (χ0) is 13.2. The maximum absolute atomic E-state index is 5.89. The summed E-state index contributed by atoms with van der Waals surface area (Å²) in [5, 5.41) is 0. The summed E-state index contributed by atoms with van der Waals surface area (Å²) in [5.74, 6) is 0. The Hall–Kier alpha value is -2.29. The number of anilines is 1. The zero-order valence-electron chi connectivity index (χ0n) is 11.0. The standard InChI is InChI=1S/C16H17N3/c1-2-15(12-6-4-3-5-7-12)19-11-18-14-9-8-13(17)10-16(14)19/h3-11,15H,2,17H2,1H3. The molecule has 0 saturated heterocycles. The van der Waals surface area contributed by atoms with E-state index in [4.69, 9.17) is 5.73 Å². The maximum Gasteiger partial charge on any atom is 0.0964 e. The Balaban J connectivity index is 2.14. The lowest BCUT2D eigenvalue weighted by molar-refractivity contribution is 0.581. The zero-order valence-corrected chi connectivity index (χ0v) is 11.0. The van der Waals surface area contributed by atoms with E-state index < -0.39 is 0 Å². The molecule has 0 aliphatic carbocycles. The molecular weight excluding hydrogens is 234 g/mol. The summed E-state index contributed by atoms with van der Waals surface area (Å²) in [6.07, 6.45) is 2.93. The molecule has 0 bridgehead atoms. The van der Waals surface area contributed by atoms with E-state index in [1.807, 2.05) is 30.6 Å². The van der Waals surface area contributed by atoms with Crippen molar-refractivity contribution < 1.29 is 0 Å². The van der Waals surface area contributed by atoms with Gasteiger partial charge < -0.3 is 10.3 Å². The summed E-state index contributed by atoms with van der Waals surface area (Å²) in [6, 6.07) is 16.7. The van der Waals surface area contributed by atoms with E-state index >= 15 is 0 Å². The van der Waals surface area contributed by atoms with Crippen LogP contribution in [0.1, 0.15) is 24.9 Å². The van der Waals surface area contributed by atoms with Crippen LogP contribution in [0.25, 0.3) is 11.0 Å². The Bertz CT molecular complexity index is 686. The topological polar surface area (TPSA) is 43.8 Å². The van der Waals surface area contributed by atoms with E-state index in [9.17, 15) is 0 Å². The van der Waals surface area contributed by atoms with Crippen LogP contribution in [0.15, 0.2) is 54.9 Å². The van der Waals surface area contributed by atoms with Crippen molar-refractivity contribution in [2.75, 3.05) is 5.73 Å². The highest BCUT2D eigenvalue weighted by Gasteiger charge is 2.14. The molecule has 96 valence electrons. The Labute approximate surface area is 112 Å². The molecule has 0 spiro atoms. The molecule has 0 radical (unpaired) electrons. The summed E-state index contributed by atoms with van der Waals surface area (Å²) in [5.41, 5.74) is 10.0. The third-order valence-corrected chi connectivity index (χ3v) is 3.51. The monoisotopic (exact) mass is 251 g/mol. The predicted octanol–water partition coefficient (Wildman–Crippen LogP) is 3.62. The van der Waals surface area contributed by atoms with Gasteiger partial charge in [0.05, 0.1) is 23.4 Å². The molecule has 3 aromatic rings. The number of rotatable bonds is 3. The van der Waals surface area contributed by atoms with Gasteiger partial charge in [-0.1, -0.05) is 37.3 Å². The SMILES string of the molecule is CCC(c1ccccc1)n1cnc2ccc(N)cc21. The minimum atomic E-state index is 0.299. The van der Waals surface area contributed by atoms with Crippen LogP contribution in [-0.2, 0) is 0 Å². The van der Waals surface area contributed by atoms with Crippen molar-refractivity contribution in [1.29, 1.82) is 0 Å². The number of nitrogen functional groups attached to an aromatic ring is 1. The van der Waals surface area contributed by atoms with Gasteiger partial charge in [0.15, 0.2) is 0 Å². The third kappa shape index (κ3) is 2.08. The van der Waals surface area contributed by atoms with Crippen LogP contribution in [0.3, 0.4) is 0 Å². The summed E-state index contributed by atoms with van der Waals surface area (Å²) in [4.78, 5) is 4.46. The fourth-order valence-electron chi connectivity index (χ4n) is 2.56. The van der Waals surface area contributed by atoms with Crippen molar-refractivity contribution >= 4 is 16.7 Å². The molecule has 1 unspecified atom stereocenters. The average Bonchev–Trinajstić information content (AvgIpc) is 2.84. The number of fused-ring (bicyclic) bond motifs is 1. The quantitative estimate of drug-likeness (QED) is 0.722. The molecular formula is C16H17N3. The van der Waals surface area contributed by atoms with Gasteiger partial charge in [0.1, 0.15) is 0 Å². The highest BCUT2D eigenvalue weighted by atomic mass is 15.1. The molecule has 3 nitrogen and oxygen atoms in total. The van der Waals surface area contributed by atoms with Crippen LogP contribution in [0.4, 0.5) is 5.69 Å². The van der Waals surface area contributed by atoms with Gasteiger partial charge in [-0.25, -0.2) is 4.98 Å². The number of imidazole rings is 1. The van der Waals surface area contributed by atoms with Crippen molar-refractivity contribution in [1.82, 2.24) is 9.55 Å². The molecule has 3 rings (SSSR count). The van der Waals surface area contributed by atoms with Crippen LogP contribution in [-0.4, -0.2) is 9.55 Å². The summed E-state index contributed by atoms with van der Waals surface area (Å²) in [6.45, 7) is 2.19. The van der Waals surface area contributed by atoms with Crippen molar-refractivity contribution in [3.8, 4) is 0 Å². The molecule has 1 atom stereocenters. The van der Waals surface area contributed by atoms with E-state index in [1.54, 1.807) is 0 Å². The smallest absolute Gasteiger partial charge is 0.0964 e. The lowest BCUT2D eigenvalue weighted by Crippen LogP contribution is -2.08.